The van der Waals surface area contributed by atoms with E-state index in [1.807, 2.05) is 36.4 Å². The predicted molar refractivity (Wildman–Crippen MR) is 90.2 cm³/mol. The zero-order valence-electron chi connectivity index (χ0n) is 13.0. The van der Waals surface area contributed by atoms with Gasteiger partial charge < -0.3 is 15.0 Å². The van der Waals surface area contributed by atoms with E-state index < -0.39 is 5.91 Å². The van der Waals surface area contributed by atoms with Crippen LogP contribution in [0.1, 0.15) is 0 Å². The van der Waals surface area contributed by atoms with Crippen LogP contribution >= 0.6 is 0 Å². The average molecular weight is 307 g/mol. The van der Waals surface area contributed by atoms with Gasteiger partial charge in [0.15, 0.2) is 0 Å². The molecule has 0 heterocycles. The number of hydrogen-bond acceptors (Lipinski definition) is 4. The van der Waals surface area contributed by atoms with E-state index in [-0.39, 0.29) is 5.57 Å². The van der Waals surface area contributed by atoms with Crippen LogP contribution in [0.5, 0.6) is 5.75 Å². The minimum atomic E-state index is -0.458. The summed E-state index contributed by atoms with van der Waals surface area (Å²) in [5.74, 6) is 0.239. The molecule has 5 heteroatoms. The van der Waals surface area contributed by atoms with Crippen molar-refractivity contribution < 1.29 is 9.53 Å². The number of nitrogens with zero attached hydrogens (tertiary/aromatic N) is 2. The van der Waals surface area contributed by atoms with Crippen molar-refractivity contribution >= 4 is 17.3 Å². The third-order valence-corrected chi connectivity index (χ3v) is 3.20. The Morgan fingerprint density at radius 3 is 2.39 bits per heavy atom. The molecule has 0 aliphatic heterocycles. The fourth-order valence-corrected chi connectivity index (χ4v) is 1.94. The molecule has 0 bridgehead atoms. The number of hydrogen-bond donors (Lipinski definition) is 1. The van der Waals surface area contributed by atoms with Crippen molar-refractivity contribution in [3.63, 3.8) is 0 Å². The van der Waals surface area contributed by atoms with Crippen LogP contribution in [0.15, 0.2) is 66.4 Å². The highest BCUT2D eigenvalue weighted by Crippen LogP contribution is 2.16. The van der Waals surface area contributed by atoms with Gasteiger partial charge in [0.1, 0.15) is 17.4 Å². The maximum Gasteiger partial charge on any atom is 0.267 e. The highest BCUT2D eigenvalue weighted by molar-refractivity contribution is 6.06. The first-order chi connectivity index (χ1) is 11.1. The smallest absolute Gasteiger partial charge is 0.267 e. The monoisotopic (exact) mass is 307 g/mol. The molecular formula is C18H17N3O2. The van der Waals surface area contributed by atoms with Crippen molar-refractivity contribution in [2.24, 2.45) is 0 Å². The van der Waals surface area contributed by atoms with Crippen molar-refractivity contribution in [2.45, 2.75) is 0 Å². The first-order valence-electron chi connectivity index (χ1n) is 6.99. The molecule has 0 aliphatic rings. The van der Waals surface area contributed by atoms with Crippen molar-refractivity contribution in [3.05, 3.63) is 66.4 Å². The van der Waals surface area contributed by atoms with E-state index in [4.69, 9.17) is 4.74 Å². The maximum absolute atomic E-state index is 12.2. The SMILES string of the molecule is COc1ccc(NC(=O)/C(C#N)=C\N(C)c2ccccc2)cc1. The van der Waals surface area contributed by atoms with Crippen LogP contribution in [-0.2, 0) is 4.79 Å². The molecular weight excluding hydrogens is 290 g/mol. The third kappa shape index (κ3) is 4.35. The number of amides is 1. The second-order valence-electron chi connectivity index (χ2n) is 4.78. The van der Waals surface area contributed by atoms with Gasteiger partial charge in [0.2, 0.25) is 0 Å². The predicted octanol–water partition coefficient (Wildman–Crippen LogP) is 3.18. The van der Waals surface area contributed by atoms with E-state index >= 15 is 0 Å². The Bertz CT molecular complexity index is 731. The van der Waals surface area contributed by atoms with Gasteiger partial charge >= 0.3 is 0 Å². The summed E-state index contributed by atoms with van der Waals surface area (Å²) in [5.41, 5.74) is 1.50. The number of nitriles is 1. The molecule has 0 saturated heterocycles. The fourth-order valence-electron chi connectivity index (χ4n) is 1.94. The lowest BCUT2D eigenvalue weighted by atomic mass is 10.2. The summed E-state index contributed by atoms with van der Waals surface area (Å²) in [7, 11) is 3.36. The number of carbonyl (C=O) groups is 1. The summed E-state index contributed by atoms with van der Waals surface area (Å²) in [4.78, 5) is 13.9. The molecule has 0 unspecified atom stereocenters. The van der Waals surface area contributed by atoms with Gasteiger partial charge in [-0.3, -0.25) is 4.79 Å². The molecule has 2 rings (SSSR count). The number of para-hydroxylation sites is 1. The van der Waals surface area contributed by atoms with Crippen LogP contribution in [-0.4, -0.2) is 20.1 Å². The Kier molecular flexibility index (Phi) is 5.37. The van der Waals surface area contributed by atoms with Crippen molar-refractivity contribution in [1.82, 2.24) is 0 Å². The average Bonchev–Trinajstić information content (AvgIpc) is 2.60. The molecule has 5 nitrogen and oxygen atoms in total. The fraction of sp³-hybridized carbons (Fsp3) is 0.111. The molecule has 0 aromatic heterocycles. The molecule has 1 amide bonds. The summed E-state index contributed by atoms with van der Waals surface area (Å²) in [6, 6.07) is 18.3. The van der Waals surface area contributed by atoms with Crippen LogP contribution in [0.3, 0.4) is 0 Å². The highest BCUT2D eigenvalue weighted by Gasteiger charge is 2.11. The van der Waals surface area contributed by atoms with Crippen LogP contribution in [0.25, 0.3) is 0 Å². The number of ether oxygens (including phenoxy) is 1. The van der Waals surface area contributed by atoms with Crippen molar-refractivity contribution in [2.75, 3.05) is 24.4 Å². The van der Waals surface area contributed by atoms with Gasteiger partial charge in [-0.05, 0) is 36.4 Å². The standard InChI is InChI=1S/C18H17N3O2/c1-21(16-6-4-3-5-7-16)13-14(12-19)18(22)20-15-8-10-17(23-2)11-9-15/h3-11,13H,1-2H3,(H,20,22)/b14-13-. The first kappa shape index (κ1) is 16.1. The summed E-state index contributed by atoms with van der Waals surface area (Å²) in [6.07, 6.45) is 1.51. The second-order valence-corrected chi connectivity index (χ2v) is 4.78. The zero-order valence-corrected chi connectivity index (χ0v) is 13.0. The lowest BCUT2D eigenvalue weighted by Crippen LogP contribution is -2.17. The van der Waals surface area contributed by atoms with E-state index in [0.717, 1.165) is 5.69 Å². The topological polar surface area (TPSA) is 65.4 Å². The molecule has 2 aromatic rings. The number of nitrogens with one attached hydrogen (secondary N) is 1. The van der Waals surface area contributed by atoms with E-state index in [0.29, 0.717) is 11.4 Å². The van der Waals surface area contributed by atoms with E-state index in [1.165, 1.54) is 6.20 Å². The number of rotatable bonds is 5. The van der Waals surface area contributed by atoms with Gasteiger partial charge in [-0.2, -0.15) is 5.26 Å². The molecule has 0 saturated carbocycles. The summed E-state index contributed by atoms with van der Waals surface area (Å²) in [5, 5.41) is 11.9. The number of methoxy groups -OCH3 is 1. The van der Waals surface area contributed by atoms with Crippen LogP contribution in [0, 0.1) is 11.3 Å². The summed E-state index contributed by atoms with van der Waals surface area (Å²) < 4.78 is 5.06. The number of carbonyl (C=O) groups excluding carboxylic acids is 1. The molecule has 1 N–H and O–H groups in total. The number of benzene rings is 2. The van der Waals surface area contributed by atoms with Gasteiger partial charge in [0.05, 0.1) is 7.11 Å². The van der Waals surface area contributed by atoms with E-state index in [1.54, 1.807) is 43.3 Å². The molecule has 0 spiro atoms. The Balaban J connectivity index is 2.11. The van der Waals surface area contributed by atoms with Gasteiger partial charge in [0, 0.05) is 24.6 Å². The molecule has 0 atom stereocenters. The Hall–Kier alpha value is -3.26. The van der Waals surface area contributed by atoms with E-state index in [9.17, 15) is 10.1 Å². The van der Waals surface area contributed by atoms with Gasteiger partial charge in [0.25, 0.3) is 5.91 Å². The minimum absolute atomic E-state index is 0.0205. The quantitative estimate of drug-likeness (QED) is 0.680. The molecule has 2 aromatic carbocycles. The van der Waals surface area contributed by atoms with E-state index in [2.05, 4.69) is 5.32 Å². The second kappa shape index (κ2) is 7.66. The highest BCUT2D eigenvalue weighted by atomic mass is 16.5. The summed E-state index contributed by atoms with van der Waals surface area (Å²) in [6.45, 7) is 0. The van der Waals surface area contributed by atoms with Gasteiger partial charge in [-0.25, -0.2) is 0 Å². The van der Waals surface area contributed by atoms with Gasteiger partial charge in [-0.15, -0.1) is 0 Å². The molecule has 0 radical (unpaired) electrons. The first-order valence-corrected chi connectivity index (χ1v) is 6.99. The molecule has 0 aliphatic carbocycles. The minimum Gasteiger partial charge on any atom is -0.497 e. The number of anilines is 2. The third-order valence-electron chi connectivity index (χ3n) is 3.20. The van der Waals surface area contributed by atoms with Crippen LogP contribution < -0.4 is 15.0 Å². The summed E-state index contributed by atoms with van der Waals surface area (Å²) >= 11 is 0. The molecule has 23 heavy (non-hydrogen) atoms. The van der Waals surface area contributed by atoms with Crippen LogP contribution in [0.4, 0.5) is 11.4 Å². The van der Waals surface area contributed by atoms with Crippen molar-refractivity contribution in [1.29, 1.82) is 5.26 Å². The normalized spacial score (nSPS) is 10.6. The van der Waals surface area contributed by atoms with Crippen molar-refractivity contribution in [3.8, 4) is 11.8 Å². The molecule has 116 valence electrons. The largest absolute Gasteiger partial charge is 0.497 e. The van der Waals surface area contributed by atoms with Crippen LogP contribution in [0.2, 0.25) is 0 Å². The Morgan fingerprint density at radius 2 is 1.83 bits per heavy atom. The molecule has 0 fully saturated rings. The Labute approximate surface area is 135 Å². The Morgan fingerprint density at radius 1 is 1.17 bits per heavy atom. The zero-order chi connectivity index (χ0) is 16.7. The maximum atomic E-state index is 12.2. The van der Waals surface area contributed by atoms with Gasteiger partial charge in [-0.1, -0.05) is 18.2 Å². The lowest BCUT2D eigenvalue weighted by Gasteiger charge is -2.14. The lowest BCUT2D eigenvalue weighted by molar-refractivity contribution is -0.112.